The molecule has 1 amide bonds. The number of hydrogen-bond acceptors (Lipinski definition) is 3. The lowest BCUT2D eigenvalue weighted by molar-refractivity contribution is -0.116. The van der Waals surface area contributed by atoms with Crippen LogP contribution in [0, 0.1) is 0 Å². The summed E-state index contributed by atoms with van der Waals surface area (Å²) in [5, 5.41) is 2.92. The van der Waals surface area contributed by atoms with Crippen LogP contribution in [-0.4, -0.2) is 12.2 Å². The highest BCUT2D eigenvalue weighted by Crippen LogP contribution is 2.20. The molecule has 0 saturated carbocycles. The lowest BCUT2D eigenvalue weighted by atomic mass is 10.0. The number of nitrogens with one attached hydrogen (secondary N) is 1. The molecule has 1 atom stereocenters. The van der Waals surface area contributed by atoms with E-state index >= 15 is 0 Å². The van der Waals surface area contributed by atoms with E-state index in [1.54, 1.807) is 11.8 Å². The number of amides is 1. The van der Waals surface area contributed by atoms with E-state index < -0.39 is 0 Å². The summed E-state index contributed by atoms with van der Waals surface area (Å²) in [5.74, 6) is -0.000339. The fourth-order valence-electron chi connectivity index (χ4n) is 2.08. The third kappa shape index (κ3) is 4.92. The minimum absolute atomic E-state index is 0.000339. The Morgan fingerprint density at radius 1 is 1.19 bits per heavy atom. The maximum Gasteiger partial charge on any atom is 0.224 e. The topological polar surface area (TPSA) is 55.1 Å². The lowest BCUT2D eigenvalue weighted by Crippen LogP contribution is -2.16. The van der Waals surface area contributed by atoms with Crippen LogP contribution in [0.3, 0.4) is 0 Å². The number of carbonyl (C=O) groups is 1. The van der Waals surface area contributed by atoms with E-state index in [0.29, 0.717) is 12.8 Å². The minimum atomic E-state index is -0.102. The van der Waals surface area contributed by atoms with Gasteiger partial charge in [0, 0.05) is 23.0 Å². The highest BCUT2D eigenvalue weighted by molar-refractivity contribution is 7.98. The van der Waals surface area contributed by atoms with Crippen LogP contribution < -0.4 is 11.1 Å². The first-order valence-corrected chi connectivity index (χ1v) is 8.16. The van der Waals surface area contributed by atoms with Crippen molar-refractivity contribution < 1.29 is 4.79 Å². The third-order valence-corrected chi connectivity index (χ3v) is 3.99. The number of anilines is 1. The largest absolute Gasteiger partial charge is 0.326 e. The monoisotopic (exact) mass is 300 g/mol. The van der Waals surface area contributed by atoms with E-state index in [9.17, 15) is 4.79 Å². The van der Waals surface area contributed by atoms with Crippen LogP contribution in [0.15, 0.2) is 59.5 Å². The average molecular weight is 300 g/mol. The van der Waals surface area contributed by atoms with Gasteiger partial charge in [-0.15, -0.1) is 11.8 Å². The molecule has 3 nitrogen and oxygen atoms in total. The summed E-state index contributed by atoms with van der Waals surface area (Å²) in [6.07, 6.45) is 3.07. The molecule has 110 valence electrons. The number of benzene rings is 2. The van der Waals surface area contributed by atoms with Crippen LogP contribution in [0.1, 0.15) is 24.4 Å². The molecular formula is C17H20N2OS. The van der Waals surface area contributed by atoms with E-state index in [-0.39, 0.29) is 11.9 Å². The van der Waals surface area contributed by atoms with E-state index in [1.807, 2.05) is 60.9 Å². The van der Waals surface area contributed by atoms with Gasteiger partial charge in [-0.1, -0.05) is 36.4 Å². The molecule has 0 aliphatic carbocycles. The normalized spacial score (nSPS) is 11.9. The third-order valence-electron chi connectivity index (χ3n) is 3.26. The zero-order chi connectivity index (χ0) is 15.1. The molecule has 0 fully saturated rings. The van der Waals surface area contributed by atoms with Crippen LogP contribution in [0.25, 0.3) is 0 Å². The Labute approximate surface area is 129 Å². The summed E-state index contributed by atoms with van der Waals surface area (Å²) >= 11 is 1.65. The molecular weight excluding hydrogens is 280 g/mol. The van der Waals surface area contributed by atoms with Crippen LogP contribution in [0.5, 0.6) is 0 Å². The van der Waals surface area contributed by atoms with Crippen molar-refractivity contribution in [2.24, 2.45) is 5.73 Å². The molecule has 0 bridgehead atoms. The maximum absolute atomic E-state index is 12.0. The fraction of sp³-hybridized carbons (Fsp3) is 0.235. The van der Waals surface area contributed by atoms with Crippen molar-refractivity contribution in [3.05, 3.63) is 60.2 Å². The van der Waals surface area contributed by atoms with Crippen molar-refractivity contribution in [3.8, 4) is 0 Å². The fourth-order valence-corrected chi connectivity index (χ4v) is 2.54. The first-order valence-electron chi connectivity index (χ1n) is 6.93. The Balaban J connectivity index is 1.84. The molecule has 1 unspecified atom stereocenters. The van der Waals surface area contributed by atoms with Crippen LogP contribution >= 0.6 is 11.8 Å². The van der Waals surface area contributed by atoms with Gasteiger partial charge in [-0.05, 0) is 36.4 Å². The van der Waals surface area contributed by atoms with Gasteiger partial charge in [0.05, 0.1) is 0 Å². The smallest absolute Gasteiger partial charge is 0.224 e. The molecule has 0 aliphatic rings. The van der Waals surface area contributed by atoms with Gasteiger partial charge < -0.3 is 11.1 Å². The summed E-state index contributed by atoms with van der Waals surface area (Å²) in [4.78, 5) is 13.1. The number of hydrogen-bond donors (Lipinski definition) is 2. The predicted octanol–water partition coefficient (Wildman–Crippen LogP) is 3.83. The standard InChI is InChI=1S/C17H20N2OS/c1-21-15-9-5-8-14(12-15)19-17(20)11-10-16(18)13-6-3-2-4-7-13/h2-9,12,16H,10-11,18H2,1H3,(H,19,20). The van der Waals surface area contributed by atoms with Crippen LogP contribution in [0.2, 0.25) is 0 Å². The Bertz CT molecular complexity index is 586. The summed E-state index contributed by atoms with van der Waals surface area (Å²) in [6, 6.07) is 17.6. The molecule has 0 aliphatic heterocycles. The molecule has 21 heavy (non-hydrogen) atoms. The van der Waals surface area contributed by atoms with Gasteiger partial charge in [-0.3, -0.25) is 4.79 Å². The van der Waals surface area contributed by atoms with Gasteiger partial charge in [-0.2, -0.15) is 0 Å². The summed E-state index contributed by atoms with van der Waals surface area (Å²) in [5.41, 5.74) is 8.00. The van der Waals surface area contributed by atoms with Crippen molar-refractivity contribution in [2.75, 3.05) is 11.6 Å². The maximum atomic E-state index is 12.0. The van der Waals surface area contributed by atoms with E-state index in [0.717, 1.165) is 16.1 Å². The van der Waals surface area contributed by atoms with Gasteiger partial charge in [-0.25, -0.2) is 0 Å². The Morgan fingerprint density at radius 2 is 1.95 bits per heavy atom. The van der Waals surface area contributed by atoms with E-state index in [1.165, 1.54) is 0 Å². The van der Waals surface area contributed by atoms with Crippen molar-refractivity contribution >= 4 is 23.4 Å². The average Bonchev–Trinajstić information content (AvgIpc) is 2.53. The van der Waals surface area contributed by atoms with Crippen LogP contribution in [0.4, 0.5) is 5.69 Å². The minimum Gasteiger partial charge on any atom is -0.326 e. The quantitative estimate of drug-likeness (QED) is 0.797. The molecule has 4 heteroatoms. The van der Waals surface area contributed by atoms with Gasteiger partial charge in [0.15, 0.2) is 0 Å². The summed E-state index contributed by atoms with van der Waals surface area (Å²) in [6.45, 7) is 0. The molecule has 0 radical (unpaired) electrons. The number of carbonyl (C=O) groups excluding carboxylic acids is 1. The van der Waals surface area contributed by atoms with Crippen molar-refractivity contribution in [1.82, 2.24) is 0 Å². The molecule has 0 saturated heterocycles. The molecule has 0 spiro atoms. The Morgan fingerprint density at radius 3 is 2.67 bits per heavy atom. The highest BCUT2D eigenvalue weighted by atomic mass is 32.2. The van der Waals surface area contributed by atoms with Crippen molar-refractivity contribution in [1.29, 1.82) is 0 Å². The Kier molecular flexibility index (Phi) is 5.84. The van der Waals surface area contributed by atoms with Crippen LogP contribution in [-0.2, 0) is 4.79 Å². The summed E-state index contributed by atoms with van der Waals surface area (Å²) < 4.78 is 0. The number of thioether (sulfide) groups is 1. The second kappa shape index (κ2) is 7.86. The zero-order valence-corrected chi connectivity index (χ0v) is 12.9. The molecule has 2 aromatic carbocycles. The highest BCUT2D eigenvalue weighted by Gasteiger charge is 2.09. The van der Waals surface area contributed by atoms with Gasteiger partial charge in [0.2, 0.25) is 5.91 Å². The second-order valence-corrected chi connectivity index (χ2v) is 5.72. The van der Waals surface area contributed by atoms with Gasteiger partial charge in [0.1, 0.15) is 0 Å². The molecule has 2 rings (SSSR count). The predicted molar refractivity (Wildman–Crippen MR) is 89.5 cm³/mol. The van der Waals surface area contributed by atoms with E-state index in [4.69, 9.17) is 5.73 Å². The Hall–Kier alpha value is -1.78. The second-order valence-electron chi connectivity index (χ2n) is 4.84. The SMILES string of the molecule is CSc1cccc(NC(=O)CCC(N)c2ccccc2)c1. The zero-order valence-electron chi connectivity index (χ0n) is 12.1. The number of rotatable bonds is 6. The molecule has 0 aromatic heterocycles. The van der Waals surface area contributed by atoms with Gasteiger partial charge in [0.25, 0.3) is 0 Å². The number of nitrogens with two attached hydrogens (primary N) is 1. The van der Waals surface area contributed by atoms with E-state index in [2.05, 4.69) is 5.32 Å². The molecule has 2 aromatic rings. The van der Waals surface area contributed by atoms with Crippen molar-refractivity contribution in [3.63, 3.8) is 0 Å². The molecule has 0 heterocycles. The van der Waals surface area contributed by atoms with Crippen molar-refractivity contribution in [2.45, 2.75) is 23.8 Å². The van der Waals surface area contributed by atoms with Gasteiger partial charge >= 0.3 is 0 Å². The first-order chi connectivity index (χ1) is 10.2. The molecule has 3 N–H and O–H groups in total. The summed E-state index contributed by atoms with van der Waals surface area (Å²) in [7, 11) is 0. The lowest BCUT2D eigenvalue weighted by Gasteiger charge is -2.12. The first kappa shape index (κ1) is 15.6.